The Labute approximate surface area is 195 Å². The van der Waals surface area contributed by atoms with Crippen LogP contribution in [0.1, 0.15) is 37.0 Å². The van der Waals surface area contributed by atoms with Gasteiger partial charge in [0.25, 0.3) is 0 Å². The van der Waals surface area contributed by atoms with Crippen LogP contribution in [-0.4, -0.2) is 65.2 Å². The molecule has 1 fully saturated rings. The number of fused-ring (bicyclic) bond motifs is 1. The summed E-state index contributed by atoms with van der Waals surface area (Å²) in [4.78, 5) is 33.0. The molecule has 0 aromatic carbocycles. The van der Waals surface area contributed by atoms with Gasteiger partial charge in [-0.2, -0.15) is 13.2 Å². The van der Waals surface area contributed by atoms with Crippen molar-refractivity contribution in [3.8, 4) is 0 Å². The van der Waals surface area contributed by atoms with Gasteiger partial charge >= 0.3 is 6.18 Å². The highest BCUT2D eigenvalue weighted by Crippen LogP contribution is 2.37. The maximum absolute atomic E-state index is 12.7. The fraction of sp³-hybridized carbons (Fsp3) is 0.591. The quantitative estimate of drug-likeness (QED) is 0.676. The molecule has 0 unspecified atom stereocenters. The summed E-state index contributed by atoms with van der Waals surface area (Å²) in [5.41, 5.74) is 0.319. The average molecular weight is 480 g/mol. The molecule has 1 saturated carbocycles. The number of ether oxygens (including phenoxy) is 1. The van der Waals surface area contributed by atoms with Crippen molar-refractivity contribution in [2.45, 2.75) is 57.5 Å². The van der Waals surface area contributed by atoms with Gasteiger partial charge in [0.05, 0.1) is 24.2 Å². The first-order valence-electron chi connectivity index (χ1n) is 11.1. The van der Waals surface area contributed by atoms with Crippen LogP contribution in [0.5, 0.6) is 0 Å². The number of hydrogen-bond donors (Lipinski definition) is 1. The smallest absolute Gasteiger partial charge is 0.379 e. The monoisotopic (exact) mass is 479 g/mol. The lowest BCUT2D eigenvalue weighted by molar-refractivity contribution is -0.141. The van der Waals surface area contributed by atoms with Crippen LogP contribution in [0.3, 0.4) is 0 Å². The van der Waals surface area contributed by atoms with Gasteiger partial charge in [-0.05, 0) is 32.6 Å². The van der Waals surface area contributed by atoms with E-state index in [0.29, 0.717) is 41.2 Å². The van der Waals surface area contributed by atoms with Crippen molar-refractivity contribution in [2.24, 2.45) is 5.92 Å². The molecule has 184 valence electrons. The fourth-order valence-electron chi connectivity index (χ4n) is 4.55. The third-order valence-corrected chi connectivity index (χ3v) is 6.72. The lowest BCUT2D eigenvalue weighted by Crippen LogP contribution is -2.53. The molecule has 0 spiro atoms. The number of likely N-dealkylation sites (N-methyl/N-ethyl adjacent to an activating group) is 1. The van der Waals surface area contributed by atoms with Crippen molar-refractivity contribution < 1.29 is 22.7 Å². The molecule has 3 heterocycles. The molecule has 12 heteroatoms. The number of aromatic nitrogens is 4. The van der Waals surface area contributed by atoms with Crippen LogP contribution in [0, 0.1) is 12.8 Å². The van der Waals surface area contributed by atoms with Gasteiger partial charge < -0.3 is 19.9 Å². The van der Waals surface area contributed by atoms with Crippen molar-refractivity contribution in [2.75, 3.05) is 36.3 Å². The minimum Gasteiger partial charge on any atom is -0.379 e. The molecule has 0 saturated heterocycles. The number of amides is 1. The van der Waals surface area contributed by atoms with Gasteiger partial charge in [-0.1, -0.05) is 0 Å². The van der Waals surface area contributed by atoms with Crippen LogP contribution < -0.4 is 15.1 Å². The molecule has 2 aromatic rings. The molecular formula is C22H28F3N7O2. The highest BCUT2D eigenvalue weighted by molar-refractivity contribution is 6.03. The van der Waals surface area contributed by atoms with Crippen molar-refractivity contribution >= 4 is 23.2 Å². The van der Waals surface area contributed by atoms with E-state index in [1.54, 1.807) is 7.11 Å². The molecule has 1 aliphatic carbocycles. The van der Waals surface area contributed by atoms with Crippen LogP contribution >= 0.6 is 0 Å². The van der Waals surface area contributed by atoms with Crippen molar-refractivity contribution in [1.82, 2.24) is 19.9 Å². The van der Waals surface area contributed by atoms with Gasteiger partial charge in [0.2, 0.25) is 5.91 Å². The molecule has 34 heavy (non-hydrogen) atoms. The molecular weight excluding hydrogens is 451 g/mol. The normalized spacial score (nSPS) is 23.1. The zero-order valence-corrected chi connectivity index (χ0v) is 19.7. The number of nitrogens with zero attached hydrogens (tertiary/aromatic N) is 6. The van der Waals surface area contributed by atoms with Crippen molar-refractivity contribution in [1.29, 1.82) is 0 Å². The average Bonchev–Trinajstić information content (AvgIpc) is 2.75. The lowest BCUT2D eigenvalue weighted by Gasteiger charge is -2.42. The Bertz CT molecular complexity index is 1060. The van der Waals surface area contributed by atoms with E-state index in [1.165, 1.54) is 0 Å². The summed E-state index contributed by atoms with van der Waals surface area (Å²) in [6.07, 6.45) is -0.538. The molecule has 1 N–H and O–H groups in total. The molecule has 9 nitrogen and oxygen atoms in total. The molecule has 2 atom stereocenters. The Morgan fingerprint density at radius 1 is 1.26 bits per heavy atom. The maximum Gasteiger partial charge on any atom is 0.434 e. The number of halogens is 3. The summed E-state index contributed by atoms with van der Waals surface area (Å²) in [6.45, 7) is 3.69. The first-order valence-corrected chi connectivity index (χ1v) is 11.1. The van der Waals surface area contributed by atoms with Gasteiger partial charge in [0.15, 0.2) is 11.5 Å². The minimum absolute atomic E-state index is 0.153. The zero-order valence-electron chi connectivity index (χ0n) is 19.7. The first kappa shape index (κ1) is 24.1. The number of anilines is 3. The van der Waals surface area contributed by atoms with Crippen LogP contribution in [0.2, 0.25) is 0 Å². The van der Waals surface area contributed by atoms with E-state index in [1.807, 2.05) is 37.7 Å². The van der Waals surface area contributed by atoms with E-state index < -0.39 is 17.9 Å². The predicted molar refractivity (Wildman–Crippen MR) is 120 cm³/mol. The fourth-order valence-corrected chi connectivity index (χ4v) is 4.55. The Morgan fingerprint density at radius 2 is 1.97 bits per heavy atom. The van der Waals surface area contributed by atoms with Gasteiger partial charge in [-0.25, -0.2) is 19.9 Å². The van der Waals surface area contributed by atoms with Crippen LogP contribution in [-0.2, 0) is 22.1 Å². The summed E-state index contributed by atoms with van der Waals surface area (Å²) in [6, 6.07) is -0.338. The van der Waals surface area contributed by atoms with E-state index in [0.717, 1.165) is 25.2 Å². The number of carbonyl (C=O) groups is 1. The first-order chi connectivity index (χ1) is 16.0. The summed E-state index contributed by atoms with van der Waals surface area (Å²) in [7, 11) is 5.21. The third-order valence-electron chi connectivity index (χ3n) is 6.72. The highest BCUT2D eigenvalue weighted by Gasteiger charge is 2.39. The summed E-state index contributed by atoms with van der Waals surface area (Å²) in [5, 5.41) is 2.91. The number of rotatable bonds is 6. The molecule has 4 rings (SSSR count). The number of methoxy groups -OCH3 is 1. The van der Waals surface area contributed by atoms with E-state index in [4.69, 9.17) is 9.72 Å². The van der Waals surface area contributed by atoms with Crippen LogP contribution in [0.25, 0.3) is 0 Å². The van der Waals surface area contributed by atoms with Crippen molar-refractivity contribution in [3.63, 3.8) is 0 Å². The number of aryl methyl sites for hydroxylation is 1. The van der Waals surface area contributed by atoms with Crippen molar-refractivity contribution in [3.05, 3.63) is 29.6 Å². The second-order valence-corrected chi connectivity index (χ2v) is 8.97. The summed E-state index contributed by atoms with van der Waals surface area (Å²) < 4.78 is 43.5. The second-order valence-electron chi connectivity index (χ2n) is 8.97. The number of alkyl halides is 3. The standard InChI is InChI=1S/C22H28F3N7O2/c1-11-18-20(32(4)19(12(2)34-5)21(33)30-18)29-16(28-11)8-13-6-14(7-13)31(3)17-10-26-15(9-27-17)22(23,24)25/h9-10,12-14,19H,6-8H2,1-5H3,(H,30,33)/t12-,13?,14?,19+/m1/s1. The van der Waals surface area contributed by atoms with Crippen LogP contribution in [0.15, 0.2) is 12.4 Å². The molecule has 2 aliphatic rings. The topological polar surface area (TPSA) is 96.4 Å². The summed E-state index contributed by atoms with van der Waals surface area (Å²) in [5.74, 6) is 1.96. The van der Waals surface area contributed by atoms with Gasteiger partial charge in [0.1, 0.15) is 23.4 Å². The van der Waals surface area contributed by atoms with E-state index in [2.05, 4.69) is 20.3 Å². The molecule has 0 bridgehead atoms. The van der Waals surface area contributed by atoms with Gasteiger partial charge in [0, 0.05) is 33.7 Å². The van der Waals surface area contributed by atoms with E-state index >= 15 is 0 Å². The SMILES string of the molecule is CO[C@H](C)[C@H]1C(=O)Nc2c(C)nc(CC3CC(N(C)c4cnc(C(F)(F)F)cn4)C3)nc2N1C. The molecule has 2 aromatic heterocycles. The number of hydrogen-bond acceptors (Lipinski definition) is 8. The lowest BCUT2D eigenvalue weighted by atomic mass is 9.77. The number of carbonyl (C=O) groups excluding carboxylic acids is 1. The molecule has 1 amide bonds. The maximum atomic E-state index is 12.7. The molecule has 1 aliphatic heterocycles. The van der Waals surface area contributed by atoms with Crippen LogP contribution in [0.4, 0.5) is 30.5 Å². The molecule has 0 radical (unpaired) electrons. The zero-order chi connectivity index (χ0) is 24.8. The Balaban J connectivity index is 1.41. The minimum atomic E-state index is -4.50. The Morgan fingerprint density at radius 3 is 2.56 bits per heavy atom. The largest absolute Gasteiger partial charge is 0.434 e. The van der Waals surface area contributed by atoms with Gasteiger partial charge in [-0.3, -0.25) is 4.79 Å². The number of nitrogens with one attached hydrogen (secondary N) is 1. The van der Waals surface area contributed by atoms with E-state index in [9.17, 15) is 18.0 Å². The van der Waals surface area contributed by atoms with E-state index in [-0.39, 0.29) is 18.1 Å². The Kier molecular flexibility index (Phi) is 6.36. The predicted octanol–water partition coefficient (Wildman–Crippen LogP) is 2.84. The second kappa shape index (κ2) is 8.97. The van der Waals surface area contributed by atoms with Gasteiger partial charge in [-0.15, -0.1) is 0 Å². The summed E-state index contributed by atoms with van der Waals surface area (Å²) >= 11 is 0. The highest BCUT2D eigenvalue weighted by atomic mass is 19.4. The third kappa shape index (κ3) is 4.50. The Hall–Kier alpha value is -3.02.